The Morgan fingerprint density at radius 2 is 1.75 bits per heavy atom. The molecule has 1 N–H and O–H groups in total. The fraction of sp³-hybridized carbons (Fsp3) is 0.647. The third-order valence-corrected chi connectivity index (χ3v) is 3.27. The highest BCUT2D eigenvalue weighted by Crippen LogP contribution is 2.34. The van der Waals surface area contributed by atoms with E-state index in [0.717, 1.165) is 30.9 Å². The summed E-state index contributed by atoms with van der Waals surface area (Å²) in [5, 5.41) is 3.63. The van der Waals surface area contributed by atoms with Crippen molar-refractivity contribution in [3.8, 4) is 11.5 Å². The van der Waals surface area contributed by atoms with E-state index in [1.165, 1.54) is 5.56 Å². The van der Waals surface area contributed by atoms with Gasteiger partial charge in [0.1, 0.15) is 0 Å². The quantitative estimate of drug-likeness (QED) is 0.812. The zero-order valence-electron chi connectivity index (χ0n) is 13.7. The van der Waals surface area contributed by atoms with Crippen molar-refractivity contribution < 1.29 is 9.47 Å². The van der Waals surface area contributed by atoms with Gasteiger partial charge in [-0.15, -0.1) is 0 Å². The highest BCUT2D eigenvalue weighted by Gasteiger charge is 2.20. The SMILES string of the molecule is CCCNC(CC(C)(C)C)c1ccc(OC)c(OC)c1. The number of nitrogens with one attached hydrogen (secondary N) is 1. The maximum Gasteiger partial charge on any atom is 0.161 e. The Labute approximate surface area is 123 Å². The van der Waals surface area contributed by atoms with Crippen LogP contribution >= 0.6 is 0 Å². The zero-order chi connectivity index (χ0) is 15.2. The fourth-order valence-electron chi connectivity index (χ4n) is 2.31. The van der Waals surface area contributed by atoms with E-state index in [0.29, 0.717) is 6.04 Å². The average Bonchev–Trinajstić information content (AvgIpc) is 2.41. The van der Waals surface area contributed by atoms with Crippen LogP contribution < -0.4 is 14.8 Å². The molecular weight excluding hydrogens is 250 g/mol. The van der Waals surface area contributed by atoms with Crippen LogP contribution in [0, 0.1) is 5.41 Å². The number of hydrogen-bond donors (Lipinski definition) is 1. The van der Waals surface area contributed by atoms with E-state index in [9.17, 15) is 0 Å². The molecule has 1 atom stereocenters. The van der Waals surface area contributed by atoms with Crippen LogP contribution in [-0.2, 0) is 0 Å². The first kappa shape index (κ1) is 16.8. The fourth-order valence-corrected chi connectivity index (χ4v) is 2.31. The van der Waals surface area contributed by atoms with Crippen LogP contribution in [0.5, 0.6) is 11.5 Å². The molecule has 0 bridgehead atoms. The van der Waals surface area contributed by atoms with Crippen molar-refractivity contribution in [2.24, 2.45) is 5.41 Å². The van der Waals surface area contributed by atoms with Crippen LogP contribution in [0.4, 0.5) is 0 Å². The third-order valence-electron chi connectivity index (χ3n) is 3.27. The predicted molar refractivity (Wildman–Crippen MR) is 84.7 cm³/mol. The molecule has 0 fully saturated rings. The molecule has 0 heterocycles. The van der Waals surface area contributed by atoms with Crippen LogP contribution in [0.1, 0.15) is 52.1 Å². The Morgan fingerprint density at radius 3 is 2.25 bits per heavy atom. The molecule has 0 aliphatic heterocycles. The van der Waals surface area contributed by atoms with E-state index in [4.69, 9.17) is 9.47 Å². The molecule has 0 radical (unpaired) electrons. The van der Waals surface area contributed by atoms with Gasteiger partial charge in [0.2, 0.25) is 0 Å². The van der Waals surface area contributed by atoms with Gasteiger partial charge in [0, 0.05) is 6.04 Å². The second-order valence-electron chi connectivity index (χ2n) is 6.39. The van der Waals surface area contributed by atoms with Crippen molar-refractivity contribution in [2.45, 2.75) is 46.6 Å². The molecule has 0 saturated heterocycles. The Bertz CT molecular complexity index is 410. The highest BCUT2D eigenvalue weighted by molar-refractivity contribution is 5.43. The zero-order valence-corrected chi connectivity index (χ0v) is 13.7. The maximum atomic E-state index is 5.41. The lowest BCUT2D eigenvalue weighted by Gasteiger charge is -2.27. The van der Waals surface area contributed by atoms with Crippen molar-refractivity contribution >= 4 is 0 Å². The average molecular weight is 279 g/mol. The summed E-state index contributed by atoms with van der Waals surface area (Å²) in [6.45, 7) is 10.0. The second kappa shape index (κ2) is 7.53. The van der Waals surface area contributed by atoms with E-state index < -0.39 is 0 Å². The molecule has 0 aliphatic rings. The molecule has 1 aromatic rings. The van der Waals surface area contributed by atoms with Gasteiger partial charge in [0.25, 0.3) is 0 Å². The third kappa shape index (κ3) is 5.04. The van der Waals surface area contributed by atoms with E-state index in [-0.39, 0.29) is 5.41 Å². The Hall–Kier alpha value is -1.22. The second-order valence-corrected chi connectivity index (χ2v) is 6.39. The summed E-state index contributed by atoms with van der Waals surface area (Å²) in [4.78, 5) is 0. The standard InChI is InChI=1S/C17H29NO2/c1-7-10-18-14(12-17(2,3)4)13-8-9-15(19-5)16(11-13)20-6/h8-9,11,14,18H,7,10,12H2,1-6H3. The number of methoxy groups -OCH3 is 2. The van der Waals surface area contributed by atoms with Crippen molar-refractivity contribution in [1.82, 2.24) is 5.32 Å². The van der Waals surface area contributed by atoms with Crippen LogP contribution in [0.2, 0.25) is 0 Å². The van der Waals surface area contributed by atoms with Gasteiger partial charge in [-0.1, -0.05) is 33.8 Å². The summed E-state index contributed by atoms with van der Waals surface area (Å²) >= 11 is 0. The van der Waals surface area contributed by atoms with E-state index in [1.54, 1.807) is 14.2 Å². The molecule has 114 valence electrons. The topological polar surface area (TPSA) is 30.5 Å². The van der Waals surface area contributed by atoms with Gasteiger partial charge in [-0.25, -0.2) is 0 Å². The first-order valence-electron chi connectivity index (χ1n) is 7.36. The summed E-state index contributed by atoms with van der Waals surface area (Å²) in [6, 6.07) is 6.53. The van der Waals surface area contributed by atoms with Crippen LogP contribution in [-0.4, -0.2) is 20.8 Å². The molecule has 1 unspecified atom stereocenters. The van der Waals surface area contributed by atoms with Crippen LogP contribution in [0.15, 0.2) is 18.2 Å². The van der Waals surface area contributed by atoms with Gasteiger partial charge in [-0.3, -0.25) is 0 Å². The van der Waals surface area contributed by atoms with Crippen molar-refractivity contribution in [1.29, 1.82) is 0 Å². The molecule has 0 amide bonds. The number of rotatable bonds is 7. The van der Waals surface area contributed by atoms with E-state index in [1.807, 2.05) is 6.07 Å². The van der Waals surface area contributed by atoms with Gasteiger partial charge >= 0.3 is 0 Å². The molecule has 3 heteroatoms. The van der Waals surface area contributed by atoms with Gasteiger partial charge in [-0.2, -0.15) is 0 Å². The van der Waals surface area contributed by atoms with Gasteiger partial charge in [-0.05, 0) is 42.5 Å². The minimum absolute atomic E-state index is 0.276. The molecular formula is C17H29NO2. The number of ether oxygens (including phenoxy) is 2. The lowest BCUT2D eigenvalue weighted by atomic mass is 9.85. The molecule has 3 nitrogen and oxygen atoms in total. The summed E-state index contributed by atoms with van der Waals surface area (Å²) in [7, 11) is 3.35. The summed E-state index contributed by atoms with van der Waals surface area (Å²) < 4.78 is 10.7. The molecule has 1 rings (SSSR count). The molecule has 0 aromatic heterocycles. The van der Waals surface area contributed by atoms with Gasteiger partial charge in [0.05, 0.1) is 14.2 Å². The van der Waals surface area contributed by atoms with Gasteiger partial charge < -0.3 is 14.8 Å². The summed E-state index contributed by atoms with van der Waals surface area (Å²) in [6.07, 6.45) is 2.22. The van der Waals surface area contributed by atoms with Crippen LogP contribution in [0.25, 0.3) is 0 Å². The maximum absolute atomic E-state index is 5.41. The molecule has 20 heavy (non-hydrogen) atoms. The first-order valence-corrected chi connectivity index (χ1v) is 7.36. The summed E-state index contributed by atoms with van der Waals surface area (Å²) in [5.41, 5.74) is 1.53. The molecule has 0 spiro atoms. The minimum atomic E-state index is 0.276. The van der Waals surface area contributed by atoms with Gasteiger partial charge in [0.15, 0.2) is 11.5 Å². The van der Waals surface area contributed by atoms with Crippen LogP contribution in [0.3, 0.4) is 0 Å². The lowest BCUT2D eigenvalue weighted by Crippen LogP contribution is -2.26. The van der Waals surface area contributed by atoms with Crippen molar-refractivity contribution in [3.63, 3.8) is 0 Å². The minimum Gasteiger partial charge on any atom is -0.493 e. The largest absolute Gasteiger partial charge is 0.493 e. The smallest absolute Gasteiger partial charge is 0.161 e. The first-order chi connectivity index (χ1) is 9.41. The van der Waals surface area contributed by atoms with E-state index in [2.05, 4.69) is 45.1 Å². The Morgan fingerprint density at radius 1 is 1.10 bits per heavy atom. The normalized spacial score (nSPS) is 13.1. The molecule has 1 aromatic carbocycles. The molecule has 0 saturated carbocycles. The lowest BCUT2D eigenvalue weighted by molar-refractivity contribution is 0.309. The highest BCUT2D eigenvalue weighted by atomic mass is 16.5. The Balaban J connectivity index is 3.00. The number of hydrogen-bond acceptors (Lipinski definition) is 3. The predicted octanol–water partition coefficient (Wildman–Crippen LogP) is 4.18. The van der Waals surface area contributed by atoms with E-state index >= 15 is 0 Å². The van der Waals surface area contributed by atoms with Crippen molar-refractivity contribution in [2.75, 3.05) is 20.8 Å². The Kier molecular flexibility index (Phi) is 6.34. The number of benzene rings is 1. The molecule has 0 aliphatic carbocycles. The summed E-state index contributed by atoms with van der Waals surface area (Å²) in [5.74, 6) is 1.57. The monoisotopic (exact) mass is 279 g/mol. The van der Waals surface area contributed by atoms with Crippen molar-refractivity contribution in [3.05, 3.63) is 23.8 Å².